The van der Waals surface area contributed by atoms with Gasteiger partial charge in [0.1, 0.15) is 0 Å². The first-order valence-corrected chi connectivity index (χ1v) is 9.78. The van der Waals surface area contributed by atoms with E-state index in [1.807, 2.05) is 19.1 Å². The number of benzene rings is 1. The second-order valence-corrected chi connectivity index (χ2v) is 8.16. The van der Waals surface area contributed by atoms with Crippen LogP contribution in [0.25, 0.3) is 0 Å². The van der Waals surface area contributed by atoms with E-state index < -0.39 is 10.0 Å². The molecule has 7 heteroatoms. The van der Waals surface area contributed by atoms with E-state index in [2.05, 4.69) is 5.32 Å². The lowest BCUT2D eigenvalue weighted by molar-refractivity contribution is -0.131. The zero-order chi connectivity index (χ0) is 17.9. The maximum absolute atomic E-state index is 13.1. The van der Waals surface area contributed by atoms with Gasteiger partial charge in [-0.2, -0.15) is 4.31 Å². The van der Waals surface area contributed by atoms with Gasteiger partial charge >= 0.3 is 0 Å². The largest absolute Gasteiger partial charge is 0.339 e. The molecule has 1 saturated heterocycles. The van der Waals surface area contributed by atoms with Gasteiger partial charge in [0.2, 0.25) is 15.9 Å². The van der Waals surface area contributed by atoms with Gasteiger partial charge in [-0.1, -0.05) is 24.6 Å². The number of nitrogens with one attached hydrogen (secondary N) is 1. The summed E-state index contributed by atoms with van der Waals surface area (Å²) in [6, 6.07) is 3.73. The molecule has 1 aliphatic heterocycles. The molecule has 1 fully saturated rings. The summed E-state index contributed by atoms with van der Waals surface area (Å²) in [5.74, 6) is -0.135. The highest BCUT2D eigenvalue weighted by Crippen LogP contribution is 2.25. The van der Waals surface area contributed by atoms with Crippen LogP contribution in [-0.4, -0.2) is 62.8 Å². The van der Waals surface area contributed by atoms with Crippen LogP contribution in [0.3, 0.4) is 0 Å². The first-order chi connectivity index (χ1) is 11.3. The predicted molar refractivity (Wildman–Crippen MR) is 94.5 cm³/mol. The van der Waals surface area contributed by atoms with E-state index in [0.29, 0.717) is 18.0 Å². The van der Waals surface area contributed by atoms with Gasteiger partial charge in [-0.15, -0.1) is 0 Å². The maximum atomic E-state index is 13.1. The summed E-state index contributed by atoms with van der Waals surface area (Å²) < 4.78 is 27.4. The third-order valence-electron chi connectivity index (χ3n) is 4.34. The predicted octanol–water partition coefficient (Wildman–Crippen LogP) is 1.05. The average Bonchev–Trinajstić information content (AvgIpc) is 2.51. The summed E-state index contributed by atoms with van der Waals surface area (Å²) in [6.45, 7) is 10.2. The fourth-order valence-corrected chi connectivity index (χ4v) is 5.04. The zero-order valence-corrected chi connectivity index (χ0v) is 15.7. The van der Waals surface area contributed by atoms with Crippen LogP contribution in [0.2, 0.25) is 0 Å². The normalized spacial score (nSPS) is 15.8. The number of likely N-dealkylation sites (N-methyl/N-ethyl adjacent to an activating group) is 1. The molecule has 0 spiro atoms. The Balaban J connectivity index is 2.27. The van der Waals surface area contributed by atoms with Crippen LogP contribution in [0.5, 0.6) is 0 Å². The molecule has 0 aromatic heterocycles. The fourth-order valence-electron chi connectivity index (χ4n) is 3.23. The monoisotopic (exact) mass is 353 g/mol. The maximum Gasteiger partial charge on any atom is 0.244 e. The van der Waals surface area contributed by atoms with Crippen molar-refractivity contribution in [2.45, 2.75) is 32.6 Å². The van der Waals surface area contributed by atoms with Crippen molar-refractivity contribution in [1.82, 2.24) is 14.5 Å². The molecular weight excluding hydrogens is 326 g/mol. The van der Waals surface area contributed by atoms with Crippen molar-refractivity contribution < 1.29 is 13.2 Å². The molecule has 134 valence electrons. The van der Waals surface area contributed by atoms with Crippen molar-refractivity contribution in [1.29, 1.82) is 0 Å². The van der Waals surface area contributed by atoms with E-state index in [4.69, 9.17) is 0 Å². The quantitative estimate of drug-likeness (QED) is 0.859. The fraction of sp³-hybridized carbons (Fsp3) is 0.588. The summed E-state index contributed by atoms with van der Waals surface area (Å²) in [7, 11) is -3.69. The van der Waals surface area contributed by atoms with Crippen molar-refractivity contribution in [3.05, 3.63) is 28.8 Å². The molecule has 1 aliphatic rings. The number of hydrogen-bond acceptors (Lipinski definition) is 4. The molecule has 24 heavy (non-hydrogen) atoms. The van der Waals surface area contributed by atoms with Crippen LogP contribution in [0, 0.1) is 20.8 Å². The molecule has 1 aromatic carbocycles. The Morgan fingerprint density at radius 3 is 2.21 bits per heavy atom. The molecule has 1 amide bonds. The second-order valence-electron chi connectivity index (χ2n) is 6.29. The number of rotatable bonds is 5. The molecule has 0 unspecified atom stereocenters. The summed E-state index contributed by atoms with van der Waals surface area (Å²) in [6.07, 6.45) is 0. The third kappa shape index (κ3) is 3.96. The van der Waals surface area contributed by atoms with E-state index in [9.17, 15) is 13.2 Å². The summed E-state index contributed by atoms with van der Waals surface area (Å²) >= 11 is 0. The molecule has 0 radical (unpaired) electrons. The van der Waals surface area contributed by atoms with Crippen molar-refractivity contribution in [2.75, 3.05) is 39.3 Å². The summed E-state index contributed by atoms with van der Waals surface area (Å²) in [5, 5.41) is 3.19. The molecule has 0 atom stereocenters. The first-order valence-electron chi connectivity index (χ1n) is 8.34. The van der Waals surface area contributed by atoms with Gasteiger partial charge in [0.25, 0.3) is 0 Å². The van der Waals surface area contributed by atoms with Gasteiger partial charge in [0.15, 0.2) is 0 Å². The highest BCUT2D eigenvalue weighted by atomic mass is 32.2. The van der Waals surface area contributed by atoms with E-state index >= 15 is 0 Å². The molecule has 1 N–H and O–H groups in total. The van der Waals surface area contributed by atoms with Gasteiger partial charge < -0.3 is 10.2 Å². The van der Waals surface area contributed by atoms with Crippen LogP contribution in [0.15, 0.2) is 17.0 Å². The molecule has 6 nitrogen and oxygen atoms in total. The number of piperazine rings is 1. The minimum atomic E-state index is -3.69. The second kappa shape index (κ2) is 7.63. The van der Waals surface area contributed by atoms with E-state index in [-0.39, 0.29) is 19.0 Å². The molecule has 0 aliphatic carbocycles. The number of hydrogen-bond donors (Lipinski definition) is 1. The van der Waals surface area contributed by atoms with Crippen LogP contribution in [0.1, 0.15) is 23.6 Å². The Morgan fingerprint density at radius 2 is 1.71 bits per heavy atom. The number of carbonyl (C=O) groups excluding carboxylic acids is 1. The SMILES string of the molecule is CCN(CC(=O)N1CCNCC1)S(=O)(=O)c1c(C)cc(C)cc1C. The molecule has 1 aromatic rings. The van der Waals surface area contributed by atoms with Crippen LogP contribution in [-0.2, 0) is 14.8 Å². The molecule has 1 heterocycles. The standard InChI is InChI=1S/C17H27N3O3S/c1-5-20(12-16(21)19-8-6-18-7-9-19)24(22,23)17-14(3)10-13(2)11-15(17)4/h10-11,18H,5-9,12H2,1-4H3. The van der Waals surface area contributed by atoms with E-state index in [0.717, 1.165) is 29.8 Å². The van der Waals surface area contributed by atoms with E-state index in [1.165, 1.54) is 4.31 Å². The lowest BCUT2D eigenvalue weighted by Crippen LogP contribution is -2.50. The Hall–Kier alpha value is -1.44. The number of carbonyl (C=O) groups is 1. The van der Waals surface area contributed by atoms with Gasteiger partial charge in [-0.3, -0.25) is 4.79 Å². The van der Waals surface area contributed by atoms with Gasteiger partial charge in [0, 0.05) is 32.7 Å². The number of sulfonamides is 1. The van der Waals surface area contributed by atoms with Crippen molar-refractivity contribution in [3.63, 3.8) is 0 Å². The van der Waals surface area contributed by atoms with Crippen molar-refractivity contribution in [3.8, 4) is 0 Å². The van der Waals surface area contributed by atoms with Crippen LogP contribution >= 0.6 is 0 Å². The molecule has 0 saturated carbocycles. The number of amides is 1. The van der Waals surface area contributed by atoms with Gasteiger partial charge in [0.05, 0.1) is 11.4 Å². The zero-order valence-electron chi connectivity index (χ0n) is 14.9. The lowest BCUT2D eigenvalue weighted by atomic mass is 10.1. The Morgan fingerprint density at radius 1 is 1.17 bits per heavy atom. The Bertz CT molecular complexity index is 687. The highest BCUT2D eigenvalue weighted by Gasteiger charge is 2.30. The Kier molecular flexibility index (Phi) is 6.01. The smallest absolute Gasteiger partial charge is 0.244 e. The molecular formula is C17H27N3O3S. The van der Waals surface area contributed by atoms with E-state index in [1.54, 1.807) is 25.7 Å². The number of nitrogens with zero attached hydrogens (tertiary/aromatic N) is 2. The Labute approximate surface area is 144 Å². The minimum Gasteiger partial charge on any atom is -0.339 e. The average molecular weight is 353 g/mol. The van der Waals surface area contributed by atoms with Gasteiger partial charge in [-0.05, 0) is 31.9 Å². The molecule has 2 rings (SSSR count). The summed E-state index contributed by atoms with van der Waals surface area (Å²) in [4.78, 5) is 14.5. The molecule has 0 bridgehead atoms. The van der Waals surface area contributed by atoms with Crippen molar-refractivity contribution >= 4 is 15.9 Å². The number of aryl methyl sites for hydroxylation is 3. The van der Waals surface area contributed by atoms with Crippen LogP contribution < -0.4 is 5.32 Å². The first kappa shape index (κ1) is 18.9. The minimum absolute atomic E-state index is 0.106. The van der Waals surface area contributed by atoms with Crippen molar-refractivity contribution in [2.24, 2.45) is 0 Å². The summed E-state index contributed by atoms with van der Waals surface area (Å²) in [5.41, 5.74) is 2.48. The van der Waals surface area contributed by atoms with Crippen LogP contribution in [0.4, 0.5) is 0 Å². The topological polar surface area (TPSA) is 69.7 Å². The highest BCUT2D eigenvalue weighted by molar-refractivity contribution is 7.89. The third-order valence-corrected chi connectivity index (χ3v) is 6.56. The van der Waals surface area contributed by atoms with Gasteiger partial charge in [-0.25, -0.2) is 8.42 Å². The lowest BCUT2D eigenvalue weighted by Gasteiger charge is -2.30.